The van der Waals surface area contributed by atoms with E-state index in [-0.39, 0.29) is 6.04 Å². The van der Waals surface area contributed by atoms with Crippen molar-refractivity contribution in [1.82, 2.24) is 10.2 Å². The molecule has 0 aromatic carbocycles. The van der Waals surface area contributed by atoms with Gasteiger partial charge in [-0.2, -0.15) is 0 Å². The summed E-state index contributed by atoms with van der Waals surface area (Å²) in [6.45, 7) is 10.3. The summed E-state index contributed by atoms with van der Waals surface area (Å²) in [6.07, 6.45) is 8.12. The predicted octanol–water partition coefficient (Wildman–Crippen LogP) is 3.26. The fourth-order valence-electron chi connectivity index (χ4n) is 3.51. The maximum Gasteiger partial charge on any atom is 0.323 e. The fraction of sp³-hybridized carbons (Fsp3) is 0.941. The standard InChI is InChI=1S/C17H34N2O2/c1-5-15-10-7-6-8-12-19(15)13-9-11-17(4,16(20)21)18-14(2)3/h14-15,18H,5-13H2,1-4H3,(H,20,21). The molecule has 1 aliphatic heterocycles. The third-order valence-electron chi connectivity index (χ3n) is 4.67. The van der Waals surface area contributed by atoms with Gasteiger partial charge in [-0.15, -0.1) is 0 Å². The highest BCUT2D eigenvalue weighted by atomic mass is 16.4. The van der Waals surface area contributed by atoms with E-state index in [4.69, 9.17) is 0 Å². The Hall–Kier alpha value is -0.610. The Morgan fingerprint density at radius 2 is 2.10 bits per heavy atom. The summed E-state index contributed by atoms with van der Waals surface area (Å²) >= 11 is 0. The van der Waals surface area contributed by atoms with Gasteiger partial charge in [0.15, 0.2) is 0 Å². The second-order valence-electron chi connectivity index (χ2n) is 6.99. The molecular formula is C17H34N2O2. The molecule has 2 unspecified atom stereocenters. The van der Waals surface area contributed by atoms with Gasteiger partial charge in [-0.3, -0.25) is 10.1 Å². The summed E-state index contributed by atoms with van der Waals surface area (Å²) in [7, 11) is 0. The van der Waals surface area contributed by atoms with E-state index in [1.165, 1.54) is 38.6 Å². The highest BCUT2D eigenvalue weighted by molar-refractivity contribution is 5.78. The number of hydrogen-bond donors (Lipinski definition) is 2. The number of hydrogen-bond acceptors (Lipinski definition) is 3. The molecule has 0 aliphatic carbocycles. The van der Waals surface area contributed by atoms with E-state index < -0.39 is 11.5 Å². The molecular weight excluding hydrogens is 264 g/mol. The molecule has 4 nitrogen and oxygen atoms in total. The smallest absolute Gasteiger partial charge is 0.323 e. The Morgan fingerprint density at radius 1 is 1.38 bits per heavy atom. The van der Waals surface area contributed by atoms with E-state index in [1.54, 1.807) is 0 Å². The van der Waals surface area contributed by atoms with Crippen molar-refractivity contribution >= 4 is 5.97 Å². The predicted molar refractivity (Wildman–Crippen MR) is 87.7 cm³/mol. The van der Waals surface area contributed by atoms with Crippen molar-refractivity contribution in [3.8, 4) is 0 Å². The average Bonchev–Trinajstić information content (AvgIpc) is 2.62. The minimum Gasteiger partial charge on any atom is -0.480 e. The molecule has 4 heteroatoms. The molecule has 0 bridgehead atoms. The van der Waals surface area contributed by atoms with Gasteiger partial charge in [-0.1, -0.05) is 19.8 Å². The van der Waals surface area contributed by atoms with Crippen molar-refractivity contribution in [2.75, 3.05) is 13.1 Å². The molecule has 124 valence electrons. The van der Waals surface area contributed by atoms with Crippen LogP contribution >= 0.6 is 0 Å². The van der Waals surface area contributed by atoms with Gasteiger partial charge >= 0.3 is 5.97 Å². The van der Waals surface area contributed by atoms with Gasteiger partial charge in [0, 0.05) is 12.1 Å². The quantitative estimate of drug-likeness (QED) is 0.722. The van der Waals surface area contributed by atoms with Crippen LogP contribution < -0.4 is 5.32 Å². The molecule has 2 N–H and O–H groups in total. The van der Waals surface area contributed by atoms with Crippen LogP contribution in [0.15, 0.2) is 0 Å². The molecule has 0 aromatic heterocycles. The third kappa shape index (κ3) is 5.95. The Kier molecular flexibility index (Phi) is 7.67. The maximum absolute atomic E-state index is 11.5. The van der Waals surface area contributed by atoms with E-state index >= 15 is 0 Å². The van der Waals surface area contributed by atoms with Crippen molar-refractivity contribution in [3.05, 3.63) is 0 Å². The maximum atomic E-state index is 11.5. The van der Waals surface area contributed by atoms with E-state index in [0.29, 0.717) is 12.5 Å². The van der Waals surface area contributed by atoms with Gasteiger partial charge in [0.05, 0.1) is 0 Å². The first-order valence-electron chi connectivity index (χ1n) is 8.64. The van der Waals surface area contributed by atoms with Gasteiger partial charge in [-0.05, 0) is 66.0 Å². The van der Waals surface area contributed by atoms with Crippen molar-refractivity contribution in [2.24, 2.45) is 0 Å². The highest BCUT2D eigenvalue weighted by Crippen LogP contribution is 2.21. The largest absolute Gasteiger partial charge is 0.480 e. The zero-order valence-electron chi connectivity index (χ0n) is 14.3. The Labute approximate surface area is 130 Å². The lowest BCUT2D eigenvalue weighted by molar-refractivity contribution is -0.144. The van der Waals surface area contributed by atoms with Crippen LogP contribution in [0.3, 0.4) is 0 Å². The van der Waals surface area contributed by atoms with Crippen LogP contribution in [-0.2, 0) is 4.79 Å². The molecule has 1 aliphatic rings. The summed E-state index contributed by atoms with van der Waals surface area (Å²) < 4.78 is 0. The number of rotatable bonds is 8. The lowest BCUT2D eigenvalue weighted by Gasteiger charge is -2.32. The number of carboxylic acids is 1. The van der Waals surface area contributed by atoms with Gasteiger partial charge in [-0.25, -0.2) is 0 Å². The molecule has 2 atom stereocenters. The monoisotopic (exact) mass is 298 g/mol. The molecule has 1 rings (SSSR count). The number of nitrogens with zero attached hydrogens (tertiary/aromatic N) is 1. The van der Waals surface area contributed by atoms with Gasteiger partial charge in [0.1, 0.15) is 5.54 Å². The normalized spacial score (nSPS) is 23.8. The molecule has 0 spiro atoms. The Balaban J connectivity index is 2.50. The Bertz CT molecular complexity index is 320. The summed E-state index contributed by atoms with van der Waals surface area (Å²) in [5.41, 5.74) is -0.804. The van der Waals surface area contributed by atoms with E-state index in [9.17, 15) is 9.90 Å². The second-order valence-corrected chi connectivity index (χ2v) is 6.99. The fourth-order valence-corrected chi connectivity index (χ4v) is 3.51. The van der Waals surface area contributed by atoms with E-state index in [1.807, 2.05) is 20.8 Å². The van der Waals surface area contributed by atoms with Crippen LogP contribution in [0.1, 0.15) is 72.6 Å². The SMILES string of the molecule is CCC1CCCCCN1CCCC(C)(NC(C)C)C(=O)O. The number of nitrogens with one attached hydrogen (secondary N) is 1. The van der Waals surface area contributed by atoms with Crippen molar-refractivity contribution < 1.29 is 9.90 Å². The van der Waals surface area contributed by atoms with E-state index in [2.05, 4.69) is 17.1 Å². The van der Waals surface area contributed by atoms with Crippen LogP contribution in [0.5, 0.6) is 0 Å². The first-order valence-corrected chi connectivity index (χ1v) is 8.64. The first kappa shape index (κ1) is 18.4. The molecule has 1 saturated heterocycles. The van der Waals surface area contributed by atoms with Crippen LogP contribution in [0, 0.1) is 0 Å². The van der Waals surface area contributed by atoms with Gasteiger partial charge in [0.2, 0.25) is 0 Å². The molecule has 21 heavy (non-hydrogen) atoms. The average molecular weight is 298 g/mol. The van der Waals surface area contributed by atoms with Crippen LogP contribution in [-0.4, -0.2) is 46.7 Å². The second kappa shape index (κ2) is 8.74. The van der Waals surface area contributed by atoms with Crippen molar-refractivity contribution in [1.29, 1.82) is 0 Å². The van der Waals surface area contributed by atoms with Gasteiger partial charge < -0.3 is 10.0 Å². The summed E-state index contributed by atoms with van der Waals surface area (Å²) in [6, 6.07) is 0.884. The molecule has 0 saturated carbocycles. The number of carboxylic acid groups (broad SMARTS) is 1. The minimum atomic E-state index is -0.804. The minimum absolute atomic E-state index is 0.188. The van der Waals surface area contributed by atoms with E-state index in [0.717, 1.165) is 13.0 Å². The number of aliphatic carboxylic acids is 1. The van der Waals surface area contributed by atoms with Gasteiger partial charge in [0.25, 0.3) is 0 Å². The zero-order chi connectivity index (χ0) is 15.9. The molecule has 0 radical (unpaired) electrons. The summed E-state index contributed by atoms with van der Waals surface area (Å²) in [4.78, 5) is 14.1. The lowest BCUT2D eigenvalue weighted by atomic mass is 9.94. The highest BCUT2D eigenvalue weighted by Gasteiger charge is 2.33. The van der Waals surface area contributed by atoms with Crippen molar-refractivity contribution in [2.45, 2.75) is 90.3 Å². The van der Waals surface area contributed by atoms with Crippen LogP contribution in [0.2, 0.25) is 0 Å². The lowest BCUT2D eigenvalue weighted by Crippen LogP contribution is -2.52. The molecule has 0 aromatic rings. The zero-order valence-corrected chi connectivity index (χ0v) is 14.3. The van der Waals surface area contributed by atoms with Crippen LogP contribution in [0.25, 0.3) is 0 Å². The number of carbonyl (C=O) groups is 1. The molecule has 1 heterocycles. The molecule has 0 amide bonds. The van der Waals surface area contributed by atoms with Crippen LogP contribution in [0.4, 0.5) is 0 Å². The Morgan fingerprint density at radius 3 is 2.67 bits per heavy atom. The number of likely N-dealkylation sites (tertiary alicyclic amines) is 1. The molecule has 1 fully saturated rings. The summed E-state index contributed by atoms with van der Waals surface area (Å²) in [5, 5.41) is 12.7. The van der Waals surface area contributed by atoms with Crippen molar-refractivity contribution in [3.63, 3.8) is 0 Å². The topological polar surface area (TPSA) is 52.6 Å². The first-order chi connectivity index (χ1) is 9.89. The third-order valence-corrected chi connectivity index (χ3v) is 4.67. The summed E-state index contributed by atoms with van der Waals surface area (Å²) in [5.74, 6) is -0.737.